The van der Waals surface area contributed by atoms with E-state index in [-0.39, 0.29) is 0 Å². The van der Waals surface area contributed by atoms with Crippen molar-refractivity contribution in [3.8, 4) is 12.3 Å². The number of nitrogens with zero attached hydrogens (tertiary/aromatic N) is 2. The van der Waals surface area contributed by atoms with Gasteiger partial charge in [0, 0.05) is 32.6 Å². The first kappa shape index (κ1) is 10.8. The fourth-order valence-corrected chi connectivity index (χ4v) is 1.25. The summed E-state index contributed by atoms with van der Waals surface area (Å²) in [5.74, 6) is 2.62. The third kappa shape index (κ3) is 4.11. The van der Waals surface area contributed by atoms with Crippen LogP contribution in [0, 0.1) is 12.3 Å². The lowest BCUT2D eigenvalue weighted by Crippen LogP contribution is -2.18. The minimum Gasteiger partial charge on any atom is -0.316 e. The van der Waals surface area contributed by atoms with Gasteiger partial charge in [0.2, 0.25) is 0 Å². The second-order valence-corrected chi connectivity index (χ2v) is 3.29. The molecule has 0 saturated heterocycles. The molecule has 0 aliphatic carbocycles. The highest BCUT2D eigenvalue weighted by molar-refractivity contribution is 4.98. The van der Waals surface area contributed by atoms with Crippen LogP contribution in [0.5, 0.6) is 0 Å². The van der Waals surface area contributed by atoms with Crippen LogP contribution in [0.2, 0.25) is 0 Å². The Balaban J connectivity index is 2.02. The molecule has 0 atom stereocenters. The lowest BCUT2D eigenvalue weighted by atomic mass is 10.3. The maximum absolute atomic E-state index is 5.15. The molecule has 1 rings (SSSR count). The summed E-state index contributed by atoms with van der Waals surface area (Å²) in [4.78, 5) is 0. The second-order valence-electron chi connectivity index (χ2n) is 3.29. The fourth-order valence-electron chi connectivity index (χ4n) is 1.25. The van der Waals surface area contributed by atoms with E-state index in [1.54, 1.807) is 0 Å². The quantitative estimate of drug-likeness (QED) is 0.536. The number of aryl methyl sites for hydroxylation is 1. The number of terminal acetylenes is 1. The first-order valence-corrected chi connectivity index (χ1v) is 4.95. The van der Waals surface area contributed by atoms with Gasteiger partial charge in [-0.1, -0.05) is 0 Å². The standard InChI is InChI=1S/C11H17N3/c1-3-4-5-8-12-9-6-11-7-10-14(2)13-11/h1,7,10,12H,4-6,8-9H2,2H3. The minimum atomic E-state index is 0.858. The predicted molar refractivity (Wildman–Crippen MR) is 57.8 cm³/mol. The fraction of sp³-hybridized carbons (Fsp3) is 0.545. The molecule has 0 amide bonds. The van der Waals surface area contributed by atoms with E-state index in [1.807, 2.05) is 24.0 Å². The van der Waals surface area contributed by atoms with Crippen molar-refractivity contribution in [1.82, 2.24) is 15.1 Å². The average Bonchev–Trinajstić information content (AvgIpc) is 2.58. The Labute approximate surface area is 85.5 Å². The van der Waals surface area contributed by atoms with Crippen LogP contribution in [0.3, 0.4) is 0 Å². The van der Waals surface area contributed by atoms with Gasteiger partial charge in [-0.3, -0.25) is 4.68 Å². The van der Waals surface area contributed by atoms with Crippen molar-refractivity contribution in [2.45, 2.75) is 19.3 Å². The maximum Gasteiger partial charge on any atom is 0.0637 e. The van der Waals surface area contributed by atoms with Gasteiger partial charge in [0.15, 0.2) is 0 Å². The maximum atomic E-state index is 5.15. The molecule has 0 aromatic carbocycles. The number of hydrogen-bond acceptors (Lipinski definition) is 2. The van der Waals surface area contributed by atoms with E-state index < -0.39 is 0 Å². The van der Waals surface area contributed by atoms with E-state index >= 15 is 0 Å². The first-order valence-electron chi connectivity index (χ1n) is 4.95. The van der Waals surface area contributed by atoms with E-state index in [0.29, 0.717) is 0 Å². The van der Waals surface area contributed by atoms with E-state index in [9.17, 15) is 0 Å². The van der Waals surface area contributed by atoms with Crippen LogP contribution in [-0.4, -0.2) is 22.9 Å². The summed E-state index contributed by atoms with van der Waals surface area (Å²) in [5.41, 5.74) is 1.14. The van der Waals surface area contributed by atoms with E-state index in [1.165, 1.54) is 0 Å². The molecule has 0 spiro atoms. The third-order valence-electron chi connectivity index (χ3n) is 2.00. The zero-order valence-electron chi connectivity index (χ0n) is 8.66. The Hall–Kier alpha value is -1.27. The Morgan fingerprint density at radius 1 is 1.57 bits per heavy atom. The molecule has 0 radical (unpaired) electrons. The normalized spacial score (nSPS) is 10.0. The van der Waals surface area contributed by atoms with Crippen LogP contribution in [0.15, 0.2) is 12.3 Å². The molecule has 1 N–H and O–H groups in total. The van der Waals surface area contributed by atoms with Crippen LogP contribution < -0.4 is 5.32 Å². The summed E-state index contributed by atoms with van der Waals surface area (Å²) in [6, 6.07) is 2.04. The molecular weight excluding hydrogens is 174 g/mol. The van der Waals surface area contributed by atoms with Gasteiger partial charge in [0.05, 0.1) is 5.69 Å². The zero-order chi connectivity index (χ0) is 10.2. The van der Waals surface area contributed by atoms with Gasteiger partial charge in [-0.15, -0.1) is 12.3 Å². The average molecular weight is 191 g/mol. The second kappa shape index (κ2) is 6.22. The Bertz CT molecular complexity index is 296. The monoisotopic (exact) mass is 191 g/mol. The molecule has 76 valence electrons. The zero-order valence-corrected chi connectivity index (χ0v) is 8.66. The number of aromatic nitrogens is 2. The number of rotatable bonds is 6. The Morgan fingerprint density at radius 2 is 2.43 bits per heavy atom. The first-order chi connectivity index (χ1) is 6.83. The Kier molecular flexibility index (Phi) is 4.81. The summed E-state index contributed by atoms with van der Waals surface area (Å²) < 4.78 is 1.83. The molecule has 0 unspecified atom stereocenters. The van der Waals surface area contributed by atoms with Crippen molar-refractivity contribution in [3.63, 3.8) is 0 Å². The highest BCUT2D eigenvalue weighted by Crippen LogP contribution is 1.94. The molecule has 1 aromatic heterocycles. The molecule has 3 heteroatoms. The lowest BCUT2D eigenvalue weighted by molar-refractivity contribution is 0.643. The van der Waals surface area contributed by atoms with Gasteiger partial charge in [0.25, 0.3) is 0 Å². The molecular formula is C11H17N3. The van der Waals surface area contributed by atoms with Gasteiger partial charge < -0.3 is 5.32 Å². The highest BCUT2D eigenvalue weighted by atomic mass is 15.2. The third-order valence-corrected chi connectivity index (χ3v) is 2.00. The lowest BCUT2D eigenvalue weighted by Gasteiger charge is -2.00. The van der Waals surface area contributed by atoms with Gasteiger partial charge in [-0.2, -0.15) is 5.10 Å². The topological polar surface area (TPSA) is 29.9 Å². The Morgan fingerprint density at radius 3 is 3.07 bits per heavy atom. The van der Waals surface area contributed by atoms with Crippen molar-refractivity contribution in [1.29, 1.82) is 0 Å². The molecule has 1 aromatic rings. The van der Waals surface area contributed by atoms with Crippen molar-refractivity contribution < 1.29 is 0 Å². The largest absolute Gasteiger partial charge is 0.316 e. The van der Waals surface area contributed by atoms with Crippen LogP contribution in [0.4, 0.5) is 0 Å². The molecule has 3 nitrogen and oxygen atoms in total. The summed E-state index contributed by atoms with van der Waals surface area (Å²) in [7, 11) is 1.93. The van der Waals surface area contributed by atoms with Crippen molar-refractivity contribution >= 4 is 0 Å². The van der Waals surface area contributed by atoms with Gasteiger partial charge >= 0.3 is 0 Å². The van der Waals surface area contributed by atoms with E-state index in [2.05, 4.69) is 16.3 Å². The van der Waals surface area contributed by atoms with Crippen LogP contribution in [-0.2, 0) is 13.5 Å². The predicted octanol–water partition coefficient (Wildman–Crippen LogP) is 0.966. The van der Waals surface area contributed by atoms with Crippen molar-refractivity contribution in [2.24, 2.45) is 7.05 Å². The van der Waals surface area contributed by atoms with Crippen molar-refractivity contribution in [3.05, 3.63) is 18.0 Å². The minimum absolute atomic E-state index is 0.858. The molecule has 0 saturated carbocycles. The number of unbranched alkanes of at least 4 members (excludes halogenated alkanes) is 1. The van der Waals surface area contributed by atoms with Crippen molar-refractivity contribution in [2.75, 3.05) is 13.1 Å². The van der Waals surface area contributed by atoms with Crippen LogP contribution in [0.25, 0.3) is 0 Å². The summed E-state index contributed by atoms with van der Waals surface area (Å²) in [6.45, 7) is 1.97. The van der Waals surface area contributed by atoms with E-state index in [4.69, 9.17) is 6.42 Å². The van der Waals surface area contributed by atoms with Gasteiger partial charge in [0.1, 0.15) is 0 Å². The summed E-state index contributed by atoms with van der Waals surface area (Å²) in [5, 5.41) is 7.62. The number of hydrogen-bond donors (Lipinski definition) is 1. The van der Waals surface area contributed by atoms with Gasteiger partial charge in [-0.25, -0.2) is 0 Å². The van der Waals surface area contributed by atoms with E-state index in [0.717, 1.165) is 38.0 Å². The molecule has 1 heterocycles. The van der Waals surface area contributed by atoms with Gasteiger partial charge in [-0.05, 0) is 19.0 Å². The molecule has 0 aliphatic rings. The van der Waals surface area contributed by atoms with Crippen LogP contribution >= 0.6 is 0 Å². The smallest absolute Gasteiger partial charge is 0.0637 e. The highest BCUT2D eigenvalue weighted by Gasteiger charge is 1.95. The SMILES string of the molecule is C#CCCCNCCc1ccn(C)n1. The molecule has 0 aliphatic heterocycles. The molecule has 0 bridgehead atoms. The summed E-state index contributed by atoms with van der Waals surface area (Å²) >= 11 is 0. The molecule has 14 heavy (non-hydrogen) atoms. The number of nitrogens with one attached hydrogen (secondary N) is 1. The summed E-state index contributed by atoms with van der Waals surface area (Å²) in [6.07, 6.45) is 10.0. The molecule has 0 fully saturated rings. The van der Waals surface area contributed by atoms with Crippen LogP contribution in [0.1, 0.15) is 18.5 Å².